The number of nitrogens with zero attached hydrogens (tertiary/aromatic N) is 2. The third kappa shape index (κ3) is 2.10. The number of likely N-dealkylation sites (N-methyl/N-ethyl adjacent to an activating group) is 1. The highest BCUT2D eigenvalue weighted by atomic mass is 35.5. The normalized spacial score (nSPS) is 13.2. The Morgan fingerprint density at radius 1 is 1.50 bits per heavy atom. The van der Waals surface area contributed by atoms with E-state index in [-0.39, 0.29) is 0 Å². The molecule has 80 valence electrons. The monoisotopic (exact) mass is 215 g/mol. The third-order valence-electron chi connectivity index (χ3n) is 2.49. The molecule has 14 heavy (non-hydrogen) atoms. The minimum absolute atomic E-state index is 0.395. The van der Waals surface area contributed by atoms with Crippen LogP contribution in [0, 0.1) is 13.8 Å². The molecule has 4 heteroatoms. The lowest BCUT2D eigenvalue weighted by Crippen LogP contribution is -2.23. The van der Waals surface area contributed by atoms with E-state index in [1.807, 2.05) is 25.6 Å². The number of hydrogen-bond donors (Lipinski definition) is 1. The predicted molar refractivity (Wildman–Crippen MR) is 60.0 cm³/mol. The molecular weight excluding hydrogens is 198 g/mol. The van der Waals surface area contributed by atoms with Gasteiger partial charge in [0.15, 0.2) is 0 Å². The van der Waals surface area contributed by atoms with E-state index >= 15 is 0 Å². The van der Waals surface area contributed by atoms with Crippen LogP contribution in [0.2, 0.25) is 5.02 Å². The average Bonchev–Trinajstić information content (AvgIpc) is 2.42. The largest absolute Gasteiger partial charge is 0.318 e. The molecule has 0 aliphatic carbocycles. The molecule has 0 bridgehead atoms. The fraction of sp³-hybridized carbons (Fsp3) is 0.700. The summed E-state index contributed by atoms with van der Waals surface area (Å²) in [6.07, 6.45) is 1.05. The smallest absolute Gasteiger partial charge is 0.0844 e. The maximum absolute atomic E-state index is 6.10. The quantitative estimate of drug-likeness (QED) is 0.836. The van der Waals surface area contributed by atoms with Crippen molar-refractivity contribution in [1.82, 2.24) is 15.1 Å². The van der Waals surface area contributed by atoms with Crippen molar-refractivity contribution in [3.8, 4) is 0 Å². The van der Waals surface area contributed by atoms with Crippen molar-refractivity contribution >= 4 is 11.6 Å². The minimum atomic E-state index is 0.395. The molecule has 0 spiro atoms. The SMILES string of the molecule is CCC(CNC)n1nc(C)c(Cl)c1C. The van der Waals surface area contributed by atoms with Crippen molar-refractivity contribution in [2.45, 2.75) is 33.2 Å². The van der Waals surface area contributed by atoms with Gasteiger partial charge < -0.3 is 5.32 Å². The number of aryl methyl sites for hydroxylation is 1. The molecule has 0 amide bonds. The van der Waals surface area contributed by atoms with Gasteiger partial charge in [0.25, 0.3) is 0 Å². The lowest BCUT2D eigenvalue weighted by molar-refractivity contribution is 0.415. The first-order valence-electron chi connectivity index (χ1n) is 4.97. The zero-order valence-corrected chi connectivity index (χ0v) is 10.0. The Labute approximate surface area is 90.4 Å². The predicted octanol–water partition coefficient (Wildman–Crippen LogP) is 2.32. The Balaban J connectivity index is 2.98. The van der Waals surface area contributed by atoms with E-state index in [9.17, 15) is 0 Å². The zero-order valence-electron chi connectivity index (χ0n) is 9.26. The highest BCUT2D eigenvalue weighted by molar-refractivity contribution is 6.31. The molecule has 0 saturated heterocycles. The number of halogens is 1. The van der Waals surface area contributed by atoms with Crippen LogP contribution in [0.3, 0.4) is 0 Å². The first kappa shape index (κ1) is 11.5. The van der Waals surface area contributed by atoms with Crippen molar-refractivity contribution in [2.24, 2.45) is 0 Å². The third-order valence-corrected chi connectivity index (χ3v) is 3.04. The Morgan fingerprint density at radius 3 is 2.50 bits per heavy atom. The Kier molecular flexibility index (Phi) is 3.96. The van der Waals surface area contributed by atoms with Gasteiger partial charge in [-0.05, 0) is 27.3 Å². The number of hydrogen-bond acceptors (Lipinski definition) is 2. The van der Waals surface area contributed by atoms with Crippen LogP contribution < -0.4 is 5.32 Å². The number of rotatable bonds is 4. The molecule has 0 aromatic carbocycles. The van der Waals surface area contributed by atoms with Gasteiger partial charge in [0.2, 0.25) is 0 Å². The summed E-state index contributed by atoms with van der Waals surface area (Å²) in [5.74, 6) is 0. The molecule has 0 saturated carbocycles. The molecule has 1 aromatic rings. The Morgan fingerprint density at radius 2 is 2.14 bits per heavy atom. The zero-order chi connectivity index (χ0) is 10.7. The van der Waals surface area contributed by atoms with E-state index < -0.39 is 0 Å². The molecule has 0 radical (unpaired) electrons. The molecule has 1 N–H and O–H groups in total. The van der Waals surface area contributed by atoms with Gasteiger partial charge in [-0.1, -0.05) is 18.5 Å². The molecule has 0 aliphatic heterocycles. The molecule has 1 heterocycles. The molecule has 0 aliphatic rings. The molecule has 1 unspecified atom stereocenters. The van der Waals surface area contributed by atoms with Crippen LogP contribution >= 0.6 is 11.6 Å². The first-order chi connectivity index (χ1) is 6.61. The Hall–Kier alpha value is -0.540. The summed E-state index contributed by atoms with van der Waals surface area (Å²) >= 11 is 6.10. The highest BCUT2D eigenvalue weighted by Crippen LogP contribution is 2.23. The van der Waals surface area contributed by atoms with Gasteiger partial charge in [-0.2, -0.15) is 5.10 Å². The van der Waals surface area contributed by atoms with Gasteiger partial charge >= 0.3 is 0 Å². The summed E-state index contributed by atoms with van der Waals surface area (Å²) in [6, 6.07) is 0.395. The summed E-state index contributed by atoms with van der Waals surface area (Å²) < 4.78 is 2.02. The van der Waals surface area contributed by atoms with Crippen molar-refractivity contribution in [3.05, 3.63) is 16.4 Å². The van der Waals surface area contributed by atoms with Crippen molar-refractivity contribution < 1.29 is 0 Å². The molecule has 3 nitrogen and oxygen atoms in total. The van der Waals surface area contributed by atoms with Gasteiger partial charge in [0, 0.05) is 6.54 Å². The van der Waals surface area contributed by atoms with Crippen LogP contribution in [0.1, 0.15) is 30.8 Å². The molecule has 1 rings (SSSR count). The van der Waals surface area contributed by atoms with Gasteiger partial charge in [-0.3, -0.25) is 4.68 Å². The van der Waals surface area contributed by atoms with Crippen LogP contribution in [-0.4, -0.2) is 23.4 Å². The van der Waals surface area contributed by atoms with Crippen molar-refractivity contribution in [2.75, 3.05) is 13.6 Å². The summed E-state index contributed by atoms with van der Waals surface area (Å²) in [7, 11) is 1.95. The van der Waals surface area contributed by atoms with Crippen molar-refractivity contribution in [3.63, 3.8) is 0 Å². The fourth-order valence-corrected chi connectivity index (χ4v) is 1.76. The van der Waals surface area contributed by atoms with E-state index in [0.717, 1.165) is 29.4 Å². The summed E-state index contributed by atoms with van der Waals surface area (Å²) in [4.78, 5) is 0. The van der Waals surface area contributed by atoms with Crippen molar-refractivity contribution in [1.29, 1.82) is 0 Å². The molecule has 1 atom stereocenters. The highest BCUT2D eigenvalue weighted by Gasteiger charge is 2.15. The summed E-state index contributed by atoms with van der Waals surface area (Å²) in [5.41, 5.74) is 1.98. The van der Waals surface area contributed by atoms with Crippen LogP contribution in [0.25, 0.3) is 0 Å². The Bertz CT molecular complexity index is 307. The van der Waals surface area contributed by atoms with E-state index in [1.165, 1.54) is 0 Å². The average molecular weight is 216 g/mol. The molecule has 1 aromatic heterocycles. The van der Waals surface area contributed by atoms with Gasteiger partial charge in [-0.15, -0.1) is 0 Å². The van der Waals surface area contributed by atoms with E-state index in [2.05, 4.69) is 17.3 Å². The molecular formula is C10H18ClN3. The molecule has 0 fully saturated rings. The summed E-state index contributed by atoms with van der Waals surface area (Å²) in [5, 5.41) is 8.40. The topological polar surface area (TPSA) is 29.9 Å². The van der Waals surface area contributed by atoms with Crippen LogP contribution in [0.4, 0.5) is 0 Å². The van der Waals surface area contributed by atoms with Gasteiger partial charge in [-0.25, -0.2) is 0 Å². The van der Waals surface area contributed by atoms with Gasteiger partial charge in [0.1, 0.15) is 0 Å². The minimum Gasteiger partial charge on any atom is -0.318 e. The maximum atomic E-state index is 6.10. The fourth-order valence-electron chi connectivity index (χ4n) is 1.64. The lowest BCUT2D eigenvalue weighted by atomic mass is 10.2. The number of nitrogens with one attached hydrogen (secondary N) is 1. The first-order valence-corrected chi connectivity index (χ1v) is 5.35. The van der Waals surface area contributed by atoms with Crippen LogP contribution in [-0.2, 0) is 0 Å². The lowest BCUT2D eigenvalue weighted by Gasteiger charge is -2.16. The van der Waals surface area contributed by atoms with Gasteiger partial charge in [0.05, 0.1) is 22.5 Å². The van der Waals surface area contributed by atoms with Crippen LogP contribution in [0.15, 0.2) is 0 Å². The second-order valence-corrected chi connectivity index (χ2v) is 3.93. The maximum Gasteiger partial charge on any atom is 0.0844 e. The van der Waals surface area contributed by atoms with E-state index in [4.69, 9.17) is 11.6 Å². The van der Waals surface area contributed by atoms with Crippen LogP contribution in [0.5, 0.6) is 0 Å². The van der Waals surface area contributed by atoms with E-state index in [0.29, 0.717) is 6.04 Å². The standard InChI is InChI=1S/C10H18ClN3/c1-5-9(6-12-4)14-8(3)10(11)7(2)13-14/h9,12H,5-6H2,1-4H3. The number of aromatic nitrogens is 2. The second-order valence-electron chi connectivity index (χ2n) is 3.55. The van der Waals surface area contributed by atoms with E-state index in [1.54, 1.807) is 0 Å². The summed E-state index contributed by atoms with van der Waals surface area (Å²) in [6.45, 7) is 7.04. The second kappa shape index (κ2) is 4.80.